The fourth-order valence-corrected chi connectivity index (χ4v) is 2.89. The van der Waals surface area contributed by atoms with Gasteiger partial charge in [-0.1, -0.05) is 49.2 Å². The highest BCUT2D eigenvalue weighted by Gasteiger charge is 2.35. The zero-order valence-electron chi connectivity index (χ0n) is 11.3. The molecule has 0 unspecified atom stereocenters. The molecule has 0 heterocycles. The van der Waals surface area contributed by atoms with Crippen LogP contribution in [0, 0.1) is 0 Å². The molecule has 3 nitrogen and oxygen atoms in total. The van der Waals surface area contributed by atoms with Crippen LogP contribution in [0.5, 0.6) is 0 Å². The van der Waals surface area contributed by atoms with Gasteiger partial charge in [-0.25, -0.2) is 4.79 Å². The molecule has 1 saturated carbocycles. The molecule has 2 N–H and O–H groups in total. The van der Waals surface area contributed by atoms with Gasteiger partial charge in [0.05, 0.1) is 0 Å². The average molecular weight is 258 g/mol. The van der Waals surface area contributed by atoms with Crippen molar-refractivity contribution in [2.75, 3.05) is 13.1 Å². The van der Waals surface area contributed by atoms with Gasteiger partial charge >= 0.3 is 6.03 Å². The van der Waals surface area contributed by atoms with Crippen LogP contribution in [0.15, 0.2) is 43.0 Å². The van der Waals surface area contributed by atoms with Crippen LogP contribution in [0.2, 0.25) is 0 Å². The van der Waals surface area contributed by atoms with E-state index in [1.54, 1.807) is 6.08 Å². The van der Waals surface area contributed by atoms with Gasteiger partial charge in [0, 0.05) is 18.5 Å². The van der Waals surface area contributed by atoms with E-state index < -0.39 is 0 Å². The zero-order chi connectivity index (χ0) is 13.6. The van der Waals surface area contributed by atoms with E-state index in [9.17, 15) is 4.79 Å². The Morgan fingerprint density at radius 3 is 2.53 bits per heavy atom. The van der Waals surface area contributed by atoms with Crippen LogP contribution < -0.4 is 10.6 Å². The summed E-state index contributed by atoms with van der Waals surface area (Å²) in [6.45, 7) is 4.80. The van der Waals surface area contributed by atoms with Crippen LogP contribution in [0.4, 0.5) is 4.79 Å². The van der Waals surface area contributed by atoms with Crippen molar-refractivity contribution in [1.29, 1.82) is 0 Å². The Labute approximate surface area is 115 Å². The van der Waals surface area contributed by atoms with Gasteiger partial charge in [-0.05, 0) is 18.4 Å². The molecule has 0 aliphatic heterocycles. The van der Waals surface area contributed by atoms with Crippen molar-refractivity contribution < 1.29 is 4.79 Å². The molecule has 1 aromatic carbocycles. The third kappa shape index (κ3) is 3.37. The fraction of sp³-hybridized carbons (Fsp3) is 0.438. The molecular formula is C16H22N2O. The van der Waals surface area contributed by atoms with Crippen molar-refractivity contribution >= 4 is 6.03 Å². The topological polar surface area (TPSA) is 41.1 Å². The summed E-state index contributed by atoms with van der Waals surface area (Å²) in [5, 5.41) is 5.76. The van der Waals surface area contributed by atoms with E-state index in [2.05, 4.69) is 41.5 Å². The maximum Gasteiger partial charge on any atom is 0.315 e. The van der Waals surface area contributed by atoms with E-state index in [1.807, 2.05) is 6.07 Å². The smallest absolute Gasteiger partial charge is 0.315 e. The van der Waals surface area contributed by atoms with Gasteiger partial charge in [-0.2, -0.15) is 0 Å². The van der Waals surface area contributed by atoms with Gasteiger partial charge in [0.25, 0.3) is 0 Å². The first kappa shape index (κ1) is 13.7. The third-order valence-corrected chi connectivity index (χ3v) is 3.94. The summed E-state index contributed by atoms with van der Waals surface area (Å²) in [6, 6.07) is 10.4. The Morgan fingerprint density at radius 1 is 1.21 bits per heavy atom. The minimum atomic E-state index is -0.109. The van der Waals surface area contributed by atoms with Crippen LogP contribution in [-0.2, 0) is 5.41 Å². The minimum absolute atomic E-state index is 0.109. The van der Waals surface area contributed by atoms with E-state index in [1.165, 1.54) is 18.4 Å². The first-order valence-electron chi connectivity index (χ1n) is 6.95. The second-order valence-corrected chi connectivity index (χ2v) is 5.21. The molecule has 0 bridgehead atoms. The molecule has 1 aromatic rings. The molecule has 1 fully saturated rings. The predicted molar refractivity (Wildman–Crippen MR) is 78.2 cm³/mol. The standard InChI is InChI=1S/C16H22N2O/c1-2-12-17-15(19)18-13-16(10-6-7-11-16)14-8-4-3-5-9-14/h2-5,8-9H,1,6-7,10-13H2,(H2,17,18,19). The molecule has 0 atom stereocenters. The molecular weight excluding hydrogens is 236 g/mol. The number of urea groups is 1. The number of hydrogen-bond acceptors (Lipinski definition) is 1. The summed E-state index contributed by atoms with van der Waals surface area (Å²) in [5.74, 6) is 0. The van der Waals surface area contributed by atoms with E-state index in [-0.39, 0.29) is 11.4 Å². The molecule has 3 heteroatoms. The van der Waals surface area contributed by atoms with Crippen molar-refractivity contribution in [2.45, 2.75) is 31.1 Å². The molecule has 0 spiro atoms. The van der Waals surface area contributed by atoms with Gasteiger partial charge < -0.3 is 10.6 Å². The van der Waals surface area contributed by atoms with Crippen molar-refractivity contribution in [2.24, 2.45) is 0 Å². The number of carbonyl (C=O) groups excluding carboxylic acids is 1. The number of hydrogen-bond donors (Lipinski definition) is 2. The largest absolute Gasteiger partial charge is 0.337 e. The highest BCUT2D eigenvalue weighted by Crippen LogP contribution is 2.40. The van der Waals surface area contributed by atoms with Crippen LogP contribution in [-0.4, -0.2) is 19.1 Å². The lowest BCUT2D eigenvalue weighted by Gasteiger charge is -2.30. The molecule has 102 valence electrons. The van der Waals surface area contributed by atoms with Crippen molar-refractivity contribution in [3.8, 4) is 0 Å². The summed E-state index contributed by atoms with van der Waals surface area (Å²) >= 11 is 0. The minimum Gasteiger partial charge on any atom is -0.337 e. The van der Waals surface area contributed by atoms with Gasteiger partial charge in [0.15, 0.2) is 0 Å². The zero-order valence-corrected chi connectivity index (χ0v) is 11.3. The first-order valence-corrected chi connectivity index (χ1v) is 6.95. The lowest BCUT2D eigenvalue weighted by atomic mass is 9.79. The highest BCUT2D eigenvalue weighted by molar-refractivity contribution is 5.74. The van der Waals surface area contributed by atoms with E-state index >= 15 is 0 Å². The molecule has 19 heavy (non-hydrogen) atoms. The summed E-state index contributed by atoms with van der Waals surface area (Å²) in [6.07, 6.45) is 6.47. The fourth-order valence-electron chi connectivity index (χ4n) is 2.89. The van der Waals surface area contributed by atoms with Crippen molar-refractivity contribution in [3.05, 3.63) is 48.6 Å². The van der Waals surface area contributed by atoms with Gasteiger partial charge in [0.2, 0.25) is 0 Å². The second kappa shape index (κ2) is 6.41. The Kier molecular flexibility index (Phi) is 4.61. The van der Waals surface area contributed by atoms with Gasteiger partial charge in [0.1, 0.15) is 0 Å². The lowest BCUT2D eigenvalue weighted by Crippen LogP contribution is -2.43. The van der Waals surface area contributed by atoms with E-state index in [4.69, 9.17) is 0 Å². The van der Waals surface area contributed by atoms with E-state index in [0.717, 1.165) is 12.8 Å². The summed E-state index contributed by atoms with van der Waals surface area (Å²) in [4.78, 5) is 11.7. The van der Waals surface area contributed by atoms with Gasteiger partial charge in [-0.15, -0.1) is 6.58 Å². The Bertz CT molecular complexity index is 422. The number of benzene rings is 1. The second-order valence-electron chi connectivity index (χ2n) is 5.21. The summed E-state index contributed by atoms with van der Waals surface area (Å²) in [5.41, 5.74) is 1.46. The van der Waals surface area contributed by atoms with E-state index in [0.29, 0.717) is 13.1 Å². The van der Waals surface area contributed by atoms with Gasteiger partial charge in [-0.3, -0.25) is 0 Å². The molecule has 2 amide bonds. The number of rotatable bonds is 5. The maximum absolute atomic E-state index is 11.7. The first-order chi connectivity index (χ1) is 9.27. The highest BCUT2D eigenvalue weighted by atomic mass is 16.2. The Morgan fingerprint density at radius 2 is 1.89 bits per heavy atom. The van der Waals surface area contributed by atoms with Crippen LogP contribution >= 0.6 is 0 Å². The molecule has 0 radical (unpaired) electrons. The monoisotopic (exact) mass is 258 g/mol. The Balaban J connectivity index is 2.01. The van der Waals surface area contributed by atoms with Crippen LogP contribution in [0.1, 0.15) is 31.2 Å². The van der Waals surface area contributed by atoms with Crippen molar-refractivity contribution in [1.82, 2.24) is 10.6 Å². The SMILES string of the molecule is C=CCNC(=O)NCC1(c2ccccc2)CCCC1. The normalized spacial score (nSPS) is 16.8. The summed E-state index contributed by atoms with van der Waals surface area (Å²) < 4.78 is 0. The number of nitrogens with one attached hydrogen (secondary N) is 2. The molecule has 0 saturated heterocycles. The van der Waals surface area contributed by atoms with Crippen LogP contribution in [0.25, 0.3) is 0 Å². The molecule has 2 rings (SSSR count). The van der Waals surface area contributed by atoms with Crippen molar-refractivity contribution in [3.63, 3.8) is 0 Å². The summed E-state index contributed by atoms with van der Waals surface area (Å²) in [7, 11) is 0. The molecule has 1 aliphatic carbocycles. The third-order valence-electron chi connectivity index (χ3n) is 3.94. The van der Waals surface area contributed by atoms with Crippen LogP contribution in [0.3, 0.4) is 0 Å². The molecule has 0 aromatic heterocycles. The molecule has 1 aliphatic rings. The predicted octanol–water partition coefficient (Wildman–Crippen LogP) is 2.98. The quantitative estimate of drug-likeness (QED) is 0.783. The lowest BCUT2D eigenvalue weighted by molar-refractivity contribution is 0.238. The number of amides is 2. The maximum atomic E-state index is 11.7. The Hall–Kier alpha value is -1.77. The average Bonchev–Trinajstić information content (AvgIpc) is 2.94. The number of carbonyl (C=O) groups is 1.